The molecule has 1 aromatic carbocycles. The van der Waals surface area contributed by atoms with Crippen LogP contribution in [-0.2, 0) is 0 Å². The summed E-state index contributed by atoms with van der Waals surface area (Å²) < 4.78 is 1.11. The Labute approximate surface area is 129 Å². The van der Waals surface area contributed by atoms with Crippen molar-refractivity contribution in [3.63, 3.8) is 0 Å². The summed E-state index contributed by atoms with van der Waals surface area (Å²) in [6, 6.07) is 8.86. The van der Waals surface area contributed by atoms with Crippen molar-refractivity contribution in [2.75, 3.05) is 25.5 Å². The van der Waals surface area contributed by atoms with E-state index in [1.54, 1.807) is 0 Å². The van der Waals surface area contributed by atoms with Gasteiger partial charge in [-0.1, -0.05) is 35.0 Å². The van der Waals surface area contributed by atoms with Crippen LogP contribution in [0, 0.1) is 0 Å². The molecule has 1 aromatic heterocycles. The second kappa shape index (κ2) is 7.04. The number of hydrogen-bond donors (Lipinski definition) is 1. The van der Waals surface area contributed by atoms with Crippen LogP contribution in [0.4, 0.5) is 5.82 Å². The first-order valence-corrected chi connectivity index (χ1v) is 7.90. The lowest BCUT2D eigenvalue weighted by molar-refractivity contribution is 0.261. The van der Waals surface area contributed by atoms with Gasteiger partial charge in [0.25, 0.3) is 0 Å². The summed E-state index contributed by atoms with van der Waals surface area (Å²) in [6.07, 6.45) is 3.03. The molecular weight excluding hydrogens is 314 g/mol. The van der Waals surface area contributed by atoms with Crippen LogP contribution in [0.1, 0.15) is 20.3 Å². The van der Waals surface area contributed by atoms with Gasteiger partial charge in [0, 0.05) is 40.6 Å². The van der Waals surface area contributed by atoms with Gasteiger partial charge < -0.3 is 10.2 Å². The van der Waals surface area contributed by atoms with Crippen molar-refractivity contribution < 1.29 is 0 Å². The summed E-state index contributed by atoms with van der Waals surface area (Å²) in [5.41, 5.74) is 0. The molecule has 108 valence electrons. The second-order valence-corrected chi connectivity index (χ2v) is 6.01. The van der Waals surface area contributed by atoms with Crippen LogP contribution >= 0.6 is 15.9 Å². The number of halogens is 1. The fourth-order valence-corrected chi connectivity index (χ4v) is 2.69. The molecule has 2 rings (SSSR count). The number of aromatic nitrogens is 1. The Balaban J connectivity index is 2.05. The number of nitrogens with one attached hydrogen (secondary N) is 1. The maximum atomic E-state index is 4.46. The minimum Gasteiger partial charge on any atom is -0.368 e. The van der Waals surface area contributed by atoms with Crippen molar-refractivity contribution in [1.82, 2.24) is 9.88 Å². The molecule has 1 heterocycles. The van der Waals surface area contributed by atoms with Gasteiger partial charge in [0.2, 0.25) is 0 Å². The highest BCUT2D eigenvalue weighted by Crippen LogP contribution is 2.27. The van der Waals surface area contributed by atoms with Gasteiger partial charge in [0.1, 0.15) is 5.82 Å². The van der Waals surface area contributed by atoms with E-state index >= 15 is 0 Å². The highest BCUT2D eigenvalue weighted by atomic mass is 79.9. The van der Waals surface area contributed by atoms with Crippen LogP contribution in [0.25, 0.3) is 10.8 Å². The van der Waals surface area contributed by atoms with Gasteiger partial charge in [-0.15, -0.1) is 0 Å². The molecule has 0 aliphatic heterocycles. The molecule has 0 aliphatic carbocycles. The van der Waals surface area contributed by atoms with E-state index < -0.39 is 0 Å². The zero-order valence-electron chi connectivity index (χ0n) is 12.4. The fraction of sp³-hybridized carbons (Fsp3) is 0.438. The van der Waals surface area contributed by atoms with Crippen LogP contribution in [0.3, 0.4) is 0 Å². The third-order valence-corrected chi connectivity index (χ3v) is 4.54. The number of hydrogen-bond acceptors (Lipinski definition) is 3. The summed E-state index contributed by atoms with van der Waals surface area (Å²) in [7, 11) is 2.17. The van der Waals surface area contributed by atoms with Crippen LogP contribution in [0.15, 0.2) is 34.9 Å². The van der Waals surface area contributed by atoms with Crippen molar-refractivity contribution in [3.8, 4) is 0 Å². The summed E-state index contributed by atoms with van der Waals surface area (Å²) in [5, 5.41) is 5.81. The quantitative estimate of drug-likeness (QED) is 0.859. The lowest BCUT2D eigenvalue weighted by Gasteiger charge is -2.23. The number of anilines is 1. The minimum absolute atomic E-state index is 0.617. The van der Waals surface area contributed by atoms with Gasteiger partial charge in [-0.25, -0.2) is 4.98 Å². The Bertz CT molecular complexity index is 571. The van der Waals surface area contributed by atoms with E-state index in [1.165, 1.54) is 11.8 Å². The molecule has 0 saturated heterocycles. The number of fused-ring (bicyclic) bond motifs is 1. The molecule has 0 fully saturated rings. The molecule has 0 radical (unpaired) electrons. The second-order valence-electron chi connectivity index (χ2n) is 5.16. The van der Waals surface area contributed by atoms with E-state index in [2.05, 4.69) is 64.2 Å². The molecule has 20 heavy (non-hydrogen) atoms. The number of nitrogens with zero attached hydrogens (tertiary/aromatic N) is 2. The summed E-state index contributed by atoms with van der Waals surface area (Å²) in [4.78, 5) is 6.83. The van der Waals surface area contributed by atoms with Crippen molar-refractivity contribution in [1.29, 1.82) is 0 Å². The number of rotatable bonds is 6. The predicted octanol–water partition coefficient (Wildman–Crippen LogP) is 4.14. The molecular formula is C16H22BrN3. The van der Waals surface area contributed by atoms with Crippen molar-refractivity contribution >= 4 is 32.5 Å². The Morgan fingerprint density at radius 1 is 1.30 bits per heavy atom. The highest BCUT2D eigenvalue weighted by Gasteiger charge is 2.07. The molecule has 0 aliphatic rings. The molecule has 0 spiro atoms. The topological polar surface area (TPSA) is 28.2 Å². The van der Waals surface area contributed by atoms with Gasteiger partial charge in [0.15, 0.2) is 0 Å². The van der Waals surface area contributed by atoms with E-state index in [0.717, 1.165) is 28.8 Å². The summed E-state index contributed by atoms with van der Waals surface area (Å²) >= 11 is 3.59. The van der Waals surface area contributed by atoms with Gasteiger partial charge in [-0.05, 0) is 32.5 Å². The Kier molecular flexibility index (Phi) is 5.38. The van der Waals surface area contributed by atoms with E-state index in [0.29, 0.717) is 6.04 Å². The van der Waals surface area contributed by atoms with Crippen molar-refractivity contribution in [2.45, 2.75) is 26.3 Å². The summed E-state index contributed by atoms with van der Waals surface area (Å²) in [6.45, 7) is 6.40. The average molecular weight is 336 g/mol. The lowest BCUT2D eigenvalue weighted by Crippen LogP contribution is -2.32. The Morgan fingerprint density at radius 2 is 2.10 bits per heavy atom. The van der Waals surface area contributed by atoms with Crippen LogP contribution in [0.5, 0.6) is 0 Å². The van der Waals surface area contributed by atoms with Crippen LogP contribution in [-0.4, -0.2) is 36.1 Å². The van der Waals surface area contributed by atoms with E-state index in [-0.39, 0.29) is 0 Å². The van der Waals surface area contributed by atoms with Gasteiger partial charge in [-0.3, -0.25) is 0 Å². The third-order valence-electron chi connectivity index (χ3n) is 3.85. The molecule has 1 unspecified atom stereocenters. The Morgan fingerprint density at radius 3 is 2.85 bits per heavy atom. The van der Waals surface area contributed by atoms with Crippen molar-refractivity contribution in [2.24, 2.45) is 0 Å². The standard InChI is InChI=1S/C16H22BrN3/c1-4-12(2)20(3)11-10-19-16-14-6-5-7-15(17)13(14)8-9-18-16/h5-9,12H,4,10-11H2,1-3H3,(H,18,19). The largest absolute Gasteiger partial charge is 0.368 e. The maximum absolute atomic E-state index is 4.46. The molecule has 3 nitrogen and oxygen atoms in total. The third kappa shape index (κ3) is 3.49. The maximum Gasteiger partial charge on any atom is 0.133 e. The van der Waals surface area contributed by atoms with Gasteiger partial charge >= 0.3 is 0 Å². The average Bonchev–Trinajstić information content (AvgIpc) is 2.47. The molecule has 0 amide bonds. The first-order chi connectivity index (χ1) is 9.63. The lowest BCUT2D eigenvalue weighted by atomic mass is 10.1. The van der Waals surface area contributed by atoms with Crippen LogP contribution < -0.4 is 5.32 Å². The zero-order chi connectivity index (χ0) is 14.5. The highest BCUT2D eigenvalue weighted by molar-refractivity contribution is 9.10. The predicted molar refractivity (Wildman–Crippen MR) is 90.3 cm³/mol. The van der Waals surface area contributed by atoms with Gasteiger partial charge in [0.05, 0.1) is 0 Å². The first kappa shape index (κ1) is 15.3. The summed E-state index contributed by atoms with van der Waals surface area (Å²) in [5.74, 6) is 0.960. The number of likely N-dealkylation sites (N-methyl/N-ethyl adjacent to an activating group) is 1. The molecule has 0 saturated carbocycles. The number of benzene rings is 1. The van der Waals surface area contributed by atoms with Gasteiger partial charge in [-0.2, -0.15) is 0 Å². The smallest absolute Gasteiger partial charge is 0.133 e. The Hall–Kier alpha value is -1.13. The van der Waals surface area contributed by atoms with E-state index in [1.807, 2.05) is 18.3 Å². The van der Waals surface area contributed by atoms with Crippen LogP contribution in [0.2, 0.25) is 0 Å². The van der Waals surface area contributed by atoms with E-state index in [4.69, 9.17) is 0 Å². The monoisotopic (exact) mass is 335 g/mol. The first-order valence-electron chi connectivity index (χ1n) is 7.10. The SMILES string of the molecule is CCC(C)N(C)CCNc1nccc2c(Br)cccc12. The molecule has 2 aromatic rings. The molecule has 1 atom stereocenters. The minimum atomic E-state index is 0.617. The van der Waals surface area contributed by atoms with E-state index in [9.17, 15) is 0 Å². The molecule has 0 bridgehead atoms. The number of pyridine rings is 1. The fourth-order valence-electron chi connectivity index (χ4n) is 2.19. The molecule has 1 N–H and O–H groups in total. The zero-order valence-corrected chi connectivity index (χ0v) is 13.9. The van der Waals surface area contributed by atoms with Crippen molar-refractivity contribution in [3.05, 3.63) is 34.9 Å². The normalized spacial score (nSPS) is 12.8. The molecule has 4 heteroatoms.